The van der Waals surface area contributed by atoms with Gasteiger partial charge in [0, 0.05) is 5.92 Å². The highest BCUT2D eigenvalue weighted by atomic mass is 16.5. The highest BCUT2D eigenvalue weighted by molar-refractivity contribution is 5.81. The molecule has 1 aliphatic rings. The van der Waals surface area contributed by atoms with Gasteiger partial charge in [-0.25, -0.2) is 14.7 Å². The molecule has 0 radical (unpaired) electrons. The van der Waals surface area contributed by atoms with Gasteiger partial charge in [-0.2, -0.15) is 0 Å². The van der Waals surface area contributed by atoms with Gasteiger partial charge < -0.3 is 20.9 Å². The smallest absolute Gasteiger partial charge is 0.407 e. The first-order valence-electron chi connectivity index (χ1n) is 10.3. The molecule has 1 aliphatic carbocycles. The third-order valence-corrected chi connectivity index (χ3v) is 5.15. The van der Waals surface area contributed by atoms with E-state index in [1.807, 2.05) is 36.4 Å². The van der Waals surface area contributed by atoms with Crippen LogP contribution < -0.4 is 11.1 Å². The van der Waals surface area contributed by atoms with Gasteiger partial charge in [0.15, 0.2) is 0 Å². The van der Waals surface area contributed by atoms with E-state index in [9.17, 15) is 14.7 Å². The van der Waals surface area contributed by atoms with E-state index in [-0.39, 0.29) is 12.5 Å². The summed E-state index contributed by atoms with van der Waals surface area (Å²) >= 11 is 0. The number of carbonyl (C=O) groups excluding carboxylic acids is 1. The molecule has 5 N–H and O–H groups in total. The summed E-state index contributed by atoms with van der Waals surface area (Å²) in [5.74, 6) is -1.12. The summed E-state index contributed by atoms with van der Waals surface area (Å²) in [6, 6.07) is 15.1. The van der Waals surface area contributed by atoms with Crippen molar-refractivity contribution in [1.82, 2.24) is 25.9 Å². The number of nitrogens with one attached hydrogen (secondary N) is 2. The number of rotatable bonds is 8. The van der Waals surface area contributed by atoms with Crippen LogP contribution in [0.3, 0.4) is 0 Å². The van der Waals surface area contributed by atoms with Crippen molar-refractivity contribution in [3.8, 4) is 11.1 Å². The predicted molar refractivity (Wildman–Crippen MR) is 117 cm³/mol. The Morgan fingerprint density at radius 1 is 1.09 bits per heavy atom. The molecule has 10 heteroatoms. The fourth-order valence-corrected chi connectivity index (χ4v) is 3.66. The van der Waals surface area contributed by atoms with E-state index in [2.05, 4.69) is 38.1 Å². The Morgan fingerprint density at radius 3 is 2.25 bits per heavy atom. The molecule has 1 heterocycles. The average molecular weight is 438 g/mol. The Hall–Kier alpha value is -3.79. The van der Waals surface area contributed by atoms with Crippen molar-refractivity contribution < 1.29 is 19.4 Å². The number of aliphatic carboxylic acids is 1. The molecule has 0 bridgehead atoms. The minimum Gasteiger partial charge on any atom is -0.480 e. The van der Waals surface area contributed by atoms with Gasteiger partial charge in [0.25, 0.3) is 0 Å². The Labute approximate surface area is 185 Å². The molecule has 4 rings (SSSR count). The lowest BCUT2D eigenvalue weighted by molar-refractivity contribution is -0.139. The quantitative estimate of drug-likeness (QED) is 0.390. The van der Waals surface area contributed by atoms with E-state index in [4.69, 9.17) is 10.5 Å². The summed E-state index contributed by atoms with van der Waals surface area (Å²) in [5, 5.41) is 23.8. The molecule has 0 fully saturated rings. The van der Waals surface area contributed by atoms with Crippen molar-refractivity contribution >= 4 is 12.1 Å². The first-order valence-corrected chi connectivity index (χ1v) is 10.3. The minimum atomic E-state index is -1.07. The molecule has 1 aromatic heterocycles. The van der Waals surface area contributed by atoms with Crippen LogP contribution in [0.1, 0.15) is 36.3 Å². The Bertz CT molecular complexity index is 948. The second kappa shape index (κ2) is 11.6. The van der Waals surface area contributed by atoms with Crippen molar-refractivity contribution in [2.45, 2.75) is 31.2 Å². The molecule has 0 aliphatic heterocycles. The molecule has 1 atom stereocenters. The standard InChI is InChI=1S/C21H24N2O4.CH2N4/c22-12-6-5-11-19(20(24)25)23-21(26)27-13-18-16-9-3-1-7-14(16)15-8-2-4-10-17(15)18;1-2-4-5-3-1/h1-4,7-10,18-19H,5-6,11-13,22H2,(H,23,26)(H,24,25);1H,(H,2,3,4,5). The van der Waals surface area contributed by atoms with E-state index >= 15 is 0 Å². The van der Waals surface area contributed by atoms with Gasteiger partial charge in [-0.3, -0.25) is 0 Å². The number of hydrogen-bond donors (Lipinski definition) is 4. The largest absolute Gasteiger partial charge is 0.480 e. The molecule has 32 heavy (non-hydrogen) atoms. The molecule has 0 spiro atoms. The number of benzene rings is 2. The van der Waals surface area contributed by atoms with Crippen LogP contribution in [0.25, 0.3) is 11.1 Å². The number of amides is 1. The lowest BCUT2D eigenvalue weighted by Crippen LogP contribution is -2.41. The number of ether oxygens (including phenoxy) is 1. The molecule has 168 valence electrons. The van der Waals surface area contributed by atoms with Crippen LogP contribution in [0.4, 0.5) is 4.79 Å². The first kappa shape index (κ1) is 22.9. The Balaban J connectivity index is 0.000000509. The van der Waals surface area contributed by atoms with Crippen molar-refractivity contribution in [1.29, 1.82) is 0 Å². The number of unbranched alkanes of at least 4 members (excludes halogenated alkanes) is 1. The maximum atomic E-state index is 12.1. The predicted octanol–water partition coefficient (Wildman–Crippen LogP) is 2.31. The Kier molecular flexibility index (Phi) is 8.27. The Morgan fingerprint density at radius 2 is 1.75 bits per heavy atom. The normalized spacial score (nSPS) is 12.7. The average Bonchev–Trinajstić information content (AvgIpc) is 3.48. The second-order valence-corrected chi connectivity index (χ2v) is 7.21. The van der Waals surface area contributed by atoms with Crippen LogP contribution in [0, 0.1) is 0 Å². The summed E-state index contributed by atoms with van der Waals surface area (Å²) in [4.78, 5) is 23.5. The first-order chi connectivity index (χ1) is 15.6. The number of aromatic nitrogens is 4. The topological polar surface area (TPSA) is 156 Å². The number of aromatic amines is 1. The van der Waals surface area contributed by atoms with Gasteiger partial charge in [0.1, 0.15) is 19.0 Å². The van der Waals surface area contributed by atoms with Gasteiger partial charge >= 0.3 is 12.1 Å². The van der Waals surface area contributed by atoms with Crippen LogP contribution in [-0.2, 0) is 9.53 Å². The molecule has 2 aromatic carbocycles. The van der Waals surface area contributed by atoms with Crippen LogP contribution in [0.2, 0.25) is 0 Å². The molecule has 0 saturated carbocycles. The number of H-pyrrole nitrogens is 1. The van der Waals surface area contributed by atoms with E-state index in [1.165, 1.54) is 6.33 Å². The maximum Gasteiger partial charge on any atom is 0.407 e. The number of alkyl carbamates (subject to hydrolysis) is 1. The number of tetrazole rings is 1. The molecule has 0 saturated heterocycles. The molecule has 10 nitrogen and oxygen atoms in total. The van der Waals surface area contributed by atoms with E-state index in [1.54, 1.807) is 0 Å². The van der Waals surface area contributed by atoms with Crippen LogP contribution in [0.15, 0.2) is 54.9 Å². The van der Waals surface area contributed by atoms with Gasteiger partial charge in [-0.05, 0) is 58.5 Å². The zero-order valence-electron chi connectivity index (χ0n) is 17.5. The molecule has 1 unspecified atom stereocenters. The summed E-state index contributed by atoms with van der Waals surface area (Å²) in [6.07, 6.45) is 2.38. The number of carboxylic acid groups (broad SMARTS) is 1. The van der Waals surface area contributed by atoms with E-state index < -0.39 is 18.1 Å². The van der Waals surface area contributed by atoms with Crippen molar-refractivity contribution in [3.05, 3.63) is 66.0 Å². The number of carboxylic acids is 1. The zero-order chi connectivity index (χ0) is 22.8. The number of carbonyl (C=O) groups is 2. The van der Waals surface area contributed by atoms with Gasteiger partial charge in [-0.1, -0.05) is 48.5 Å². The highest BCUT2D eigenvalue weighted by Gasteiger charge is 2.29. The summed E-state index contributed by atoms with van der Waals surface area (Å²) in [7, 11) is 0. The fourth-order valence-electron chi connectivity index (χ4n) is 3.66. The number of nitrogens with zero attached hydrogens (tertiary/aromatic N) is 3. The fraction of sp³-hybridized carbons (Fsp3) is 0.318. The molecule has 1 amide bonds. The van der Waals surface area contributed by atoms with Crippen molar-refractivity contribution in [3.63, 3.8) is 0 Å². The molecular formula is C22H26N6O4. The number of fused-ring (bicyclic) bond motifs is 3. The zero-order valence-corrected chi connectivity index (χ0v) is 17.5. The van der Waals surface area contributed by atoms with Crippen molar-refractivity contribution in [2.24, 2.45) is 5.73 Å². The third-order valence-electron chi connectivity index (χ3n) is 5.15. The van der Waals surface area contributed by atoms with Crippen LogP contribution >= 0.6 is 0 Å². The summed E-state index contributed by atoms with van der Waals surface area (Å²) in [6.45, 7) is 0.659. The van der Waals surface area contributed by atoms with E-state index in [0.29, 0.717) is 19.4 Å². The number of nitrogens with two attached hydrogens (primary N) is 1. The monoisotopic (exact) mass is 438 g/mol. The molecular weight excluding hydrogens is 412 g/mol. The highest BCUT2D eigenvalue weighted by Crippen LogP contribution is 2.44. The third kappa shape index (κ3) is 5.88. The molecule has 3 aromatic rings. The SMILES string of the molecule is NCCCCC(NC(=O)OCC1c2ccccc2-c2ccccc21)C(=O)O.c1nnn[nH]1. The lowest BCUT2D eigenvalue weighted by atomic mass is 9.98. The lowest BCUT2D eigenvalue weighted by Gasteiger charge is -2.17. The van der Waals surface area contributed by atoms with Crippen LogP contribution in [-0.4, -0.2) is 57.0 Å². The number of hydrogen-bond acceptors (Lipinski definition) is 7. The van der Waals surface area contributed by atoms with Gasteiger partial charge in [0.05, 0.1) is 0 Å². The van der Waals surface area contributed by atoms with Crippen LogP contribution in [0.5, 0.6) is 0 Å². The van der Waals surface area contributed by atoms with Gasteiger partial charge in [-0.15, -0.1) is 5.10 Å². The summed E-state index contributed by atoms with van der Waals surface area (Å²) < 4.78 is 5.39. The minimum absolute atomic E-state index is 0.0522. The van der Waals surface area contributed by atoms with E-state index in [0.717, 1.165) is 28.7 Å². The maximum absolute atomic E-state index is 12.1. The van der Waals surface area contributed by atoms with Crippen molar-refractivity contribution in [2.75, 3.05) is 13.2 Å². The van der Waals surface area contributed by atoms with Gasteiger partial charge in [0.2, 0.25) is 0 Å². The summed E-state index contributed by atoms with van der Waals surface area (Å²) in [5.41, 5.74) is 9.95. The second-order valence-electron chi connectivity index (χ2n) is 7.21.